The molecular formula is C9H20ClN. The molecule has 0 aromatic carbocycles. The molecule has 0 rings (SSSR count). The van der Waals surface area contributed by atoms with Crippen LogP contribution in [0.2, 0.25) is 0 Å². The summed E-state index contributed by atoms with van der Waals surface area (Å²) in [6.07, 6.45) is 1.07. The smallest absolute Gasteiger partial charge is 0.0238 e. The molecule has 0 aromatic heterocycles. The molecule has 68 valence electrons. The van der Waals surface area contributed by atoms with Crippen molar-refractivity contribution in [3.63, 3.8) is 0 Å². The van der Waals surface area contributed by atoms with Gasteiger partial charge in [0.25, 0.3) is 0 Å². The van der Waals surface area contributed by atoms with Crippen molar-refractivity contribution in [3.8, 4) is 0 Å². The highest BCUT2D eigenvalue weighted by Gasteiger charge is 2.12. The molecule has 0 aliphatic rings. The molecule has 1 N–H and O–H groups in total. The van der Waals surface area contributed by atoms with Gasteiger partial charge in [0.1, 0.15) is 0 Å². The molecule has 0 saturated heterocycles. The van der Waals surface area contributed by atoms with Crippen LogP contribution in [0, 0.1) is 5.92 Å². The van der Waals surface area contributed by atoms with E-state index >= 15 is 0 Å². The van der Waals surface area contributed by atoms with Crippen LogP contribution in [0.25, 0.3) is 0 Å². The third-order valence-corrected chi connectivity index (χ3v) is 1.99. The van der Waals surface area contributed by atoms with E-state index in [2.05, 4.69) is 33.0 Å². The number of hydrogen-bond donors (Lipinski definition) is 1. The maximum atomic E-state index is 5.68. The first-order valence-electron chi connectivity index (χ1n) is 4.40. The Bertz CT molecular complexity index is 91.6. The van der Waals surface area contributed by atoms with Crippen molar-refractivity contribution >= 4 is 11.6 Å². The van der Waals surface area contributed by atoms with Gasteiger partial charge in [0.2, 0.25) is 0 Å². The van der Waals surface area contributed by atoms with Crippen molar-refractivity contribution in [1.82, 2.24) is 5.32 Å². The minimum atomic E-state index is 0.561. The zero-order valence-corrected chi connectivity index (χ0v) is 8.78. The van der Waals surface area contributed by atoms with Crippen LogP contribution in [-0.2, 0) is 0 Å². The van der Waals surface area contributed by atoms with Crippen molar-refractivity contribution in [3.05, 3.63) is 0 Å². The second kappa shape index (κ2) is 5.84. The highest BCUT2D eigenvalue weighted by Crippen LogP contribution is 2.07. The number of alkyl halides is 1. The molecule has 1 atom stereocenters. The standard InChI is InChI=1S/C9H20ClN/c1-7(2)9(5-6-10)11-8(3)4/h7-9,11H,5-6H2,1-4H3. The van der Waals surface area contributed by atoms with Crippen LogP contribution in [0.15, 0.2) is 0 Å². The minimum Gasteiger partial charge on any atom is -0.311 e. The van der Waals surface area contributed by atoms with E-state index in [0.717, 1.165) is 12.3 Å². The molecule has 2 heteroatoms. The van der Waals surface area contributed by atoms with Crippen LogP contribution in [0.1, 0.15) is 34.1 Å². The molecule has 1 nitrogen and oxygen atoms in total. The quantitative estimate of drug-likeness (QED) is 0.637. The van der Waals surface area contributed by atoms with Gasteiger partial charge in [-0.25, -0.2) is 0 Å². The Balaban J connectivity index is 3.69. The van der Waals surface area contributed by atoms with Crippen LogP contribution < -0.4 is 5.32 Å². The first kappa shape index (κ1) is 11.2. The van der Waals surface area contributed by atoms with E-state index in [1.165, 1.54) is 0 Å². The first-order valence-corrected chi connectivity index (χ1v) is 4.93. The number of nitrogens with one attached hydrogen (secondary N) is 1. The largest absolute Gasteiger partial charge is 0.311 e. The topological polar surface area (TPSA) is 12.0 Å². The van der Waals surface area contributed by atoms with Gasteiger partial charge in [-0.3, -0.25) is 0 Å². The third-order valence-electron chi connectivity index (χ3n) is 1.77. The normalized spacial score (nSPS) is 14.5. The number of halogens is 1. The van der Waals surface area contributed by atoms with E-state index < -0.39 is 0 Å². The van der Waals surface area contributed by atoms with Gasteiger partial charge in [-0.15, -0.1) is 11.6 Å². The molecular weight excluding hydrogens is 158 g/mol. The van der Waals surface area contributed by atoms with Crippen LogP contribution in [-0.4, -0.2) is 18.0 Å². The molecule has 0 aliphatic carbocycles. The average Bonchev–Trinajstić information content (AvgIpc) is 1.86. The summed E-state index contributed by atoms with van der Waals surface area (Å²) in [5.74, 6) is 1.43. The van der Waals surface area contributed by atoms with Gasteiger partial charge < -0.3 is 5.32 Å². The molecule has 0 radical (unpaired) electrons. The Kier molecular flexibility index (Phi) is 5.98. The monoisotopic (exact) mass is 177 g/mol. The summed E-state index contributed by atoms with van der Waals surface area (Å²) in [6.45, 7) is 8.80. The van der Waals surface area contributed by atoms with Crippen molar-refractivity contribution in [2.75, 3.05) is 5.88 Å². The van der Waals surface area contributed by atoms with Crippen LogP contribution in [0.4, 0.5) is 0 Å². The lowest BCUT2D eigenvalue weighted by Gasteiger charge is -2.23. The average molecular weight is 178 g/mol. The Labute approximate surface area is 75.5 Å². The summed E-state index contributed by atoms with van der Waals surface area (Å²) in [4.78, 5) is 0. The molecule has 11 heavy (non-hydrogen) atoms. The molecule has 0 aliphatic heterocycles. The molecule has 0 bridgehead atoms. The van der Waals surface area contributed by atoms with Crippen LogP contribution in [0.3, 0.4) is 0 Å². The molecule has 0 spiro atoms. The Morgan fingerprint density at radius 1 is 1.18 bits per heavy atom. The highest BCUT2D eigenvalue weighted by molar-refractivity contribution is 6.17. The highest BCUT2D eigenvalue weighted by atomic mass is 35.5. The molecule has 0 aromatic rings. The Morgan fingerprint density at radius 3 is 2.00 bits per heavy atom. The maximum Gasteiger partial charge on any atom is 0.0238 e. The summed E-state index contributed by atoms with van der Waals surface area (Å²) in [6, 6.07) is 1.14. The molecule has 0 saturated carbocycles. The van der Waals surface area contributed by atoms with Crippen LogP contribution >= 0.6 is 11.6 Å². The zero-order chi connectivity index (χ0) is 8.85. The van der Waals surface area contributed by atoms with E-state index in [0.29, 0.717) is 18.0 Å². The predicted molar refractivity (Wildman–Crippen MR) is 52.2 cm³/mol. The maximum absolute atomic E-state index is 5.68. The van der Waals surface area contributed by atoms with Crippen molar-refractivity contribution in [2.45, 2.75) is 46.2 Å². The van der Waals surface area contributed by atoms with E-state index in [1.54, 1.807) is 0 Å². The van der Waals surface area contributed by atoms with Gasteiger partial charge in [0.15, 0.2) is 0 Å². The molecule has 0 heterocycles. The van der Waals surface area contributed by atoms with Crippen molar-refractivity contribution in [1.29, 1.82) is 0 Å². The van der Waals surface area contributed by atoms with Gasteiger partial charge in [-0.1, -0.05) is 27.7 Å². The minimum absolute atomic E-state index is 0.561. The fourth-order valence-corrected chi connectivity index (χ4v) is 1.39. The van der Waals surface area contributed by atoms with Gasteiger partial charge in [-0.2, -0.15) is 0 Å². The SMILES string of the molecule is CC(C)NC(CCCl)C(C)C. The number of hydrogen-bond acceptors (Lipinski definition) is 1. The Hall–Kier alpha value is 0.250. The molecule has 0 fully saturated rings. The summed E-state index contributed by atoms with van der Waals surface area (Å²) in [7, 11) is 0. The van der Waals surface area contributed by atoms with E-state index in [9.17, 15) is 0 Å². The zero-order valence-electron chi connectivity index (χ0n) is 8.02. The fourth-order valence-electron chi connectivity index (χ4n) is 1.15. The van der Waals surface area contributed by atoms with E-state index in [-0.39, 0.29) is 0 Å². The summed E-state index contributed by atoms with van der Waals surface area (Å²) in [5.41, 5.74) is 0. The van der Waals surface area contributed by atoms with Gasteiger partial charge in [0, 0.05) is 18.0 Å². The summed E-state index contributed by atoms with van der Waals surface area (Å²) in [5, 5.41) is 3.50. The van der Waals surface area contributed by atoms with E-state index in [1.807, 2.05) is 0 Å². The van der Waals surface area contributed by atoms with Crippen LogP contribution in [0.5, 0.6) is 0 Å². The molecule has 0 amide bonds. The van der Waals surface area contributed by atoms with Gasteiger partial charge in [-0.05, 0) is 12.3 Å². The second-order valence-electron chi connectivity index (χ2n) is 3.65. The van der Waals surface area contributed by atoms with Gasteiger partial charge in [0.05, 0.1) is 0 Å². The lowest BCUT2D eigenvalue weighted by atomic mass is 10.0. The summed E-state index contributed by atoms with van der Waals surface area (Å²) >= 11 is 5.68. The summed E-state index contributed by atoms with van der Waals surface area (Å²) < 4.78 is 0. The van der Waals surface area contributed by atoms with Gasteiger partial charge >= 0.3 is 0 Å². The van der Waals surface area contributed by atoms with Crippen molar-refractivity contribution in [2.24, 2.45) is 5.92 Å². The lowest BCUT2D eigenvalue weighted by Crippen LogP contribution is -2.38. The molecule has 1 unspecified atom stereocenters. The first-order chi connectivity index (χ1) is 5.07. The second-order valence-corrected chi connectivity index (χ2v) is 4.03. The van der Waals surface area contributed by atoms with Crippen molar-refractivity contribution < 1.29 is 0 Å². The predicted octanol–water partition coefficient (Wildman–Crippen LogP) is 2.64. The third kappa shape index (κ3) is 5.51. The van der Waals surface area contributed by atoms with E-state index in [4.69, 9.17) is 11.6 Å². The Morgan fingerprint density at radius 2 is 1.73 bits per heavy atom. The number of rotatable bonds is 5. The lowest BCUT2D eigenvalue weighted by molar-refractivity contribution is 0.363. The fraction of sp³-hybridized carbons (Fsp3) is 1.00.